The third-order valence-corrected chi connectivity index (χ3v) is 8.41. The van der Waals surface area contributed by atoms with Crippen LogP contribution in [0.1, 0.15) is 31.2 Å². The van der Waals surface area contributed by atoms with Gasteiger partial charge in [0.05, 0.1) is 21.8 Å². The summed E-state index contributed by atoms with van der Waals surface area (Å²) < 4.78 is 27.5. The molecule has 0 saturated carbocycles. The van der Waals surface area contributed by atoms with Crippen molar-refractivity contribution in [1.29, 1.82) is 0 Å². The minimum absolute atomic E-state index is 0.321. The quantitative estimate of drug-likeness (QED) is 0.321. The molecule has 1 aliphatic heterocycles. The summed E-state index contributed by atoms with van der Waals surface area (Å²) in [5, 5.41) is 7.76. The van der Waals surface area contributed by atoms with Gasteiger partial charge in [-0.05, 0) is 37.1 Å². The van der Waals surface area contributed by atoms with E-state index in [2.05, 4.69) is 15.5 Å². The van der Waals surface area contributed by atoms with E-state index in [1.807, 2.05) is 5.38 Å². The van der Waals surface area contributed by atoms with Crippen LogP contribution in [0.4, 0.5) is 5.13 Å². The molecule has 0 amide bonds. The van der Waals surface area contributed by atoms with Gasteiger partial charge in [0.2, 0.25) is 15.2 Å². The molecule has 10 heteroatoms. The lowest BCUT2D eigenvalue weighted by Crippen LogP contribution is -2.31. The van der Waals surface area contributed by atoms with Gasteiger partial charge in [-0.25, -0.2) is 13.4 Å². The van der Waals surface area contributed by atoms with Gasteiger partial charge in [0.25, 0.3) is 0 Å². The van der Waals surface area contributed by atoms with E-state index in [-0.39, 0.29) is 0 Å². The van der Waals surface area contributed by atoms with Crippen molar-refractivity contribution in [3.8, 4) is 11.3 Å². The fourth-order valence-corrected chi connectivity index (χ4v) is 6.09. The van der Waals surface area contributed by atoms with Crippen LogP contribution in [0.25, 0.3) is 11.3 Å². The van der Waals surface area contributed by atoms with Gasteiger partial charge in [-0.3, -0.25) is 5.43 Å². The van der Waals surface area contributed by atoms with Crippen LogP contribution in [0, 0.1) is 0 Å². The maximum atomic E-state index is 12.9. The van der Waals surface area contributed by atoms with Crippen LogP contribution in [-0.4, -0.2) is 37.0 Å². The number of nitrogens with one attached hydrogen (secondary N) is 1. The van der Waals surface area contributed by atoms with Crippen LogP contribution in [0.15, 0.2) is 57.8 Å². The molecule has 4 rings (SSSR count). The van der Waals surface area contributed by atoms with Crippen molar-refractivity contribution in [3.05, 3.63) is 63.5 Å². The fourth-order valence-electron chi connectivity index (χ4n) is 3.45. The first kappa shape index (κ1) is 23.2. The Morgan fingerprint density at radius 2 is 1.75 bits per heavy atom. The summed E-state index contributed by atoms with van der Waals surface area (Å²) in [7, 11) is -3.46. The molecule has 1 aromatic heterocycles. The lowest BCUT2D eigenvalue weighted by Gasteiger charge is -2.19. The van der Waals surface area contributed by atoms with Crippen LogP contribution in [0.5, 0.6) is 0 Å². The fraction of sp³-hybridized carbons (Fsp3) is 0.273. The Kier molecular flexibility index (Phi) is 7.48. The maximum Gasteiger partial charge on any atom is 0.243 e. The monoisotopic (exact) mass is 508 g/mol. The molecule has 2 heterocycles. The third-order valence-electron chi connectivity index (χ3n) is 5.18. The van der Waals surface area contributed by atoms with Crippen molar-refractivity contribution in [2.24, 2.45) is 5.10 Å². The Balaban J connectivity index is 1.43. The predicted octanol–water partition coefficient (Wildman–Crippen LogP) is 6.13. The Labute approximate surface area is 201 Å². The van der Waals surface area contributed by atoms with Gasteiger partial charge in [-0.2, -0.15) is 9.41 Å². The summed E-state index contributed by atoms with van der Waals surface area (Å²) in [6.45, 7) is 1.18. The predicted molar refractivity (Wildman–Crippen MR) is 132 cm³/mol. The number of hydrogen-bond acceptors (Lipinski definition) is 6. The van der Waals surface area contributed by atoms with E-state index >= 15 is 0 Å². The molecule has 0 bridgehead atoms. The third kappa shape index (κ3) is 5.50. The van der Waals surface area contributed by atoms with Gasteiger partial charge in [-0.1, -0.05) is 54.2 Å². The number of sulfonamides is 1. The highest BCUT2D eigenvalue weighted by Crippen LogP contribution is 2.27. The van der Waals surface area contributed by atoms with E-state index in [9.17, 15) is 8.42 Å². The van der Waals surface area contributed by atoms with Gasteiger partial charge < -0.3 is 0 Å². The first-order valence-corrected chi connectivity index (χ1v) is 13.3. The zero-order valence-corrected chi connectivity index (χ0v) is 20.3. The number of aromatic nitrogens is 1. The summed E-state index contributed by atoms with van der Waals surface area (Å²) in [6.07, 6.45) is 5.60. The Hall–Kier alpha value is -1.97. The maximum absolute atomic E-state index is 12.9. The number of halogens is 2. The van der Waals surface area contributed by atoms with Crippen LogP contribution < -0.4 is 5.43 Å². The van der Waals surface area contributed by atoms with Crippen LogP contribution in [0.2, 0.25) is 10.0 Å². The summed E-state index contributed by atoms with van der Waals surface area (Å²) in [5.74, 6) is 0. The molecule has 0 unspecified atom stereocenters. The highest BCUT2D eigenvalue weighted by molar-refractivity contribution is 7.89. The summed E-state index contributed by atoms with van der Waals surface area (Å²) in [5.41, 5.74) is 5.22. The van der Waals surface area contributed by atoms with E-state index in [0.717, 1.165) is 42.5 Å². The van der Waals surface area contributed by atoms with Gasteiger partial charge in [0, 0.05) is 34.6 Å². The molecule has 1 aliphatic rings. The molecule has 0 spiro atoms. The Bertz CT molecular complexity index is 1200. The molecule has 3 aromatic rings. The molecule has 168 valence electrons. The van der Waals surface area contributed by atoms with Crippen molar-refractivity contribution in [2.45, 2.75) is 30.6 Å². The highest BCUT2D eigenvalue weighted by Gasteiger charge is 2.25. The smallest absolute Gasteiger partial charge is 0.243 e. The topological polar surface area (TPSA) is 74.7 Å². The molecule has 6 nitrogen and oxygen atoms in total. The summed E-state index contributed by atoms with van der Waals surface area (Å²) in [6, 6.07) is 12.1. The minimum atomic E-state index is -3.46. The molecular weight excluding hydrogens is 487 g/mol. The van der Waals surface area contributed by atoms with E-state index in [1.54, 1.807) is 53.0 Å². The molecule has 1 N–H and O–H groups in total. The van der Waals surface area contributed by atoms with Crippen LogP contribution in [0.3, 0.4) is 0 Å². The number of thiazole rings is 1. The molecule has 1 fully saturated rings. The standard InChI is InChI=1S/C22H22Cl2N4O2S2/c23-18-8-5-17(20(24)13-18)14-25-27-22-26-21(15-31-22)16-6-9-19(10-7-16)32(29,30)28-11-3-1-2-4-12-28/h5-10,13-15H,1-4,11-12H2,(H,26,27). The molecule has 32 heavy (non-hydrogen) atoms. The van der Waals surface area contributed by atoms with Crippen LogP contribution in [-0.2, 0) is 10.0 Å². The first-order valence-electron chi connectivity index (χ1n) is 10.2. The molecule has 1 saturated heterocycles. The lowest BCUT2D eigenvalue weighted by atomic mass is 10.2. The first-order chi connectivity index (χ1) is 15.4. The normalized spacial score (nSPS) is 15.7. The second kappa shape index (κ2) is 10.3. The number of nitrogens with zero attached hydrogens (tertiary/aromatic N) is 3. The van der Waals surface area contributed by atoms with Crippen molar-refractivity contribution in [2.75, 3.05) is 18.5 Å². The zero-order chi connectivity index (χ0) is 22.6. The van der Waals surface area contributed by atoms with Crippen molar-refractivity contribution in [3.63, 3.8) is 0 Å². The van der Waals surface area contributed by atoms with Crippen LogP contribution >= 0.6 is 34.5 Å². The highest BCUT2D eigenvalue weighted by atomic mass is 35.5. The zero-order valence-electron chi connectivity index (χ0n) is 17.2. The van der Waals surface area contributed by atoms with Crippen molar-refractivity contribution >= 4 is 55.9 Å². The van der Waals surface area contributed by atoms with Gasteiger partial charge >= 0.3 is 0 Å². The molecule has 0 aliphatic carbocycles. The molecular formula is C22H22Cl2N4O2S2. The van der Waals surface area contributed by atoms with Gasteiger partial charge in [0.1, 0.15) is 0 Å². The molecule has 2 aromatic carbocycles. The minimum Gasteiger partial charge on any atom is -0.253 e. The number of hydrazone groups is 1. The van der Waals surface area contributed by atoms with Crippen molar-refractivity contribution < 1.29 is 8.42 Å². The van der Waals surface area contributed by atoms with Crippen molar-refractivity contribution in [1.82, 2.24) is 9.29 Å². The molecule has 0 atom stereocenters. The largest absolute Gasteiger partial charge is 0.253 e. The van der Waals surface area contributed by atoms with E-state index in [1.165, 1.54) is 11.3 Å². The summed E-state index contributed by atoms with van der Waals surface area (Å²) in [4.78, 5) is 4.84. The lowest BCUT2D eigenvalue weighted by molar-refractivity contribution is 0.424. The van der Waals surface area contributed by atoms with E-state index in [0.29, 0.717) is 33.2 Å². The number of benzene rings is 2. The van der Waals surface area contributed by atoms with E-state index < -0.39 is 10.0 Å². The number of rotatable bonds is 6. The number of hydrogen-bond donors (Lipinski definition) is 1. The second-order valence-corrected chi connectivity index (χ2v) is 11.1. The Morgan fingerprint density at radius 1 is 1.03 bits per heavy atom. The Morgan fingerprint density at radius 3 is 2.44 bits per heavy atom. The SMILES string of the molecule is O=S(=O)(c1ccc(-c2csc(NN=Cc3ccc(Cl)cc3Cl)n2)cc1)N1CCCCCC1. The van der Waals surface area contributed by atoms with Gasteiger partial charge in [-0.15, -0.1) is 11.3 Å². The summed E-state index contributed by atoms with van der Waals surface area (Å²) >= 11 is 13.4. The second-order valence-electron chi connectivity index (χ2n) is 7.42. The average Bonchev–Trinajstić information content (AvgIpc) is 3.07. The number of anilines is 1. The van der Waals surface area contributed by atoms with E-state index in [4.69, 9.17) is 23.2 Å². The average molecular weight is 509 g/mol. The molecule has 0 radical (unpaired) electrons. The van der Waals surface area contributed by atoms with Gasteiger partial charge in [0.15, 0.2) is 0 Å².